The van der Waals surface area contributed by atoms with Gasteiger partial charge in [0.05, 0.1) is 5.56 Å². The van der Waals surface area contributed by atoms with Crippen molar-refractivity contribution in [2.75, 3.05) is 25.5 Å². The van der Waals surface area contributed by atoms with Crippen LogP contribution in [0.5, 0.6) is 0 Å². The maximum Gasteiger partial charge on any atom is 0.416 e. The van der Waals surface area contributed by atoms with Gasteiger partial charge in [-0.1, -0.05) is 19.9 Å². The fourth-order valence-corrected chi connectivity index (χ4v) is 4.40. The van der Waals surface area contributed by atoms with Gasteiger partial charge in [0, 0.05) is 44.0 Å². The Bertz CT molecular complexity index is 671. The van der Waals surface area contributed by atoms with Crippen molar-refractivity contribution in [2.45, 2.75) is 59.2 Å². The second-order valence-electron chi connectivity index (χ2n) is 8.32. The van der Waals surface area contributed by atoms with Crippen LogP contribution in [0.3, 0.4) is 0 Å². The molecule has 3 nitrogen and oxygen atoms in total. The van der Waals surface area contributed by atoms with Gasteiger partial charge in [0.1, 0.15) is 5.82 Å². The molecule has 0 unspecified atom stereocenters. The second-order valence-corrected chi connectivity index (χ2v) is 8.32. The number of hydrogen-bond acceptors (Lipinski definition) is 3. The number of anilines is 1. The predicted octanol–water partition coefficient (Wildman–Crippen LogP) is 5.59. The quantitative estimate of drug-likeness (QED) is 0.639. The number of allylic oxidation sites excluding steroid dienone is 2. The maximum absolute atomic E-state index is 13.0. The third-order valence-electron chi connectivity index (χ3n) is 5.92. The van der Waals surface area contributed by atoms with E-state index in [1.807, 2.05) is 0 Å². The largest absolute Gasteiger partial charge is 0.416 e. The van der Waals surface area contributed by atoms with Crippen LogP contribution in [-0.4, -0.2) is 36.6 Å². The van der Waals surface area contributed by atoms with Crippen LogP contribution >= 0.6 is 0 Å². The number of hydrogen-bond donors (Lipinski definition) is 0. The summed E-state index contributed by atoms with van der Waals surface area (Å²) in [6, 6.07) is 2.26. The van der Waals surface area contributed by atoms with Gasteiger partial charge in [-0.05, 0) is 51.2 Å². The van der Waals surface area contributed by atoms with E-state index in [1.54, 1.807) is 11.9 Å². The number of likely N-dealkylation sites (N-methyl/N-ethyl adjacent to an activating group) is 2. The topological polar surface area (TPSA) is 19.4 Å². The smallest absolute Gasteiger partial charge is 0.373 e. The average molecular weight is 384 g/mol. The average Bonchev–Trinajstić information content (AvgIpc) is 2.94. The van der Waals surface area contributed by atoms with Crippen molar-refractivity contribution in [3.8, 4) is 0 Å². The number of halogens is 3. The zero-order valence-corrected chi connectivity index (χ0v) is 17.3. The monoisotopic (exact) mass is 383 g/mol. The lowest BCUT2D eigenvalue weighted by molar-refractivity contribution is -0.137. The van der Waals surface area contributed by atoms with E-state index in [-0.39, 0.29) is 11.5 Å². The summed E-state index contributed by atoms with van der Waals surface area (Å²) in [4.78, 5) is 8.20. The second kappa shape index (κ2) is 8.11. The van der Waals surface area contributed by atoms with Gasteiger partial charge in [-0.3, -0.25) is 0 Å². The summed E-state index contributed by atoms with van der Waals surface area (Å²) in [5, 5.41) is 0. The highest BCUT2D eigenvalue weighted by Crippen LogP contribution is 2.47. The Morgan fingerprint density at radius 1 is 1.41 bits per heavy atom. The van der Waals surface area contributed by atoms with Gasteiger partial charge < -0.3 is 9.80 Å². The zero-order valence-electron chi connectivity index (χ0n) is 17.3. The fraction of sp³-hybridized carbons (Fsp3) is 0.667. The Morgan fingerprint density at radius 3 is 2.59 bits per heavy atom. The summed E-state index contributed by atoms with van der Waals surface area (Å²) >= 11 is 0. The molecule has 1 fully saturated rings. The van der Waals surface area contributed by atoms with Crippen molar-refractivity contribution >= 4 is 5.82 Å². The first-order chi connectivity index (χ1) is 12.5. The maximum atomic E-state index is 13.0. The van der Waals surface area contributed by atoms with E-state index in [0.717, 1.165) is 18.1 Å². The Labute approximate surface area is 161 Å². The molecule has 0 spiro atoms. The molecule has 0 N–H and O–H groups in total. The van der Waals surface area contributed by atoms with Crippen LogP contribution in [0.4, 0.5) is 19.0 Å². The summed E-state index contributed by atoms with van der Waals surface area (Å²) in [6.07, 6.45) is 2.65. The molecule has 0 radical (unpaired) electrons. The molecule has 2 rings (SSSR count). The summed E-state index contributed by atoms with van der Waals surface area (Å²) < 4.78 is 38.9. The van der Waals surface area contributed by atoms with Crippen LogP contribution in [0, 0.1) is 11.3 Å². The third-order valence-corrected chi connectivity index (χ3v) is 5.92. The fourth-order valence-electron chi connectivity index (χ4n) is 4.40. The molecule has 1 aromatic heterocycles. The van der Waals surface area contributed by atoms with Crippen molar-refractivity contribution in [1.29, 1.82) is 0 Å². The molecular formula is C21H32F3N3. The van der Waals surface area contributed by atoms with E-state index < -0.39 is 11.7 Å². The number of alkyl halides is 3. The summed E-state index contributed by atoms with van der Waals surface area (Å²) in [6.45, 7) is 9.40. The lowest BCUT2D eigenvalue weighted by atomic mass is 9.82. The van der Waals surface area contributed by atoms with E-state index in [2.05, 4.69) is 50.7 Å². The van der Waals surface area contributed by atoms with Crippen LogP contribution in [0.2, 0.25) is 0 Å². The lowest BCUT2D eigenvalue weighted by Gasteiger charge is -2.40. The Morgan fingerprint density at radius 2 is 2.07 bits per heavy atom. The third kappa shape index (κ3) is 4.96. The SMILES string of the molecule is C/C=C(\N(C)[C@@H](C)CN(C)c1cc(C(F)(F)F)ccn1)[C@@]1(C)CC[C@@H](C)C1. The standard InChI is InChI=1S/C21H32F3N3/c1-7-18(20(4)10-8-15(2)13-20)27(6)16(3)14-26(5)19-12-17(9-11-25-19)21(22,23)24/h7,9,11-12,15-16H,8,10,13-14H2,1-6H3/b18-7-/t15-,16+,20+/m1/s1. The number of nitrogens with zero attached hydrogens (tertiary/aromatic N) is 3. The molecule has 6 heteroatoms. The molecule has 0 bridgehead atoms. The highest BCUT2D eigenvalue weighted by atomic mass is 19.4. The van der Waals surface area contributed by atoms with Crippen molar-refractivity contribution in [3.63, 3.8) is 0 Å². The highest BCUT2D eigenvalue weighted by Gasteiger charge is 2.38. The Kier molecular flexibility index (Phi) is 6.48. The molecule has 1 aliphatic carbocycles. The van der Waals surface area contributed by atoms with Crippen molar-refractivity contribution in [1.82, 2.24) is 9.88 Å². The summed E-state index contributed by atoms with van der Waals surface area (Å²) in [5.41, 5.74) is 0.830. The first-order valence-electron chi connectivity index (χ1n) is 9.62. The van der Waals surface area contributed by atoms with Crippen molar-refractivity contribution in [2.24, 2.45) is 11.3 Å². The molecule has 1 aromatic rings. The Balaban J connectivity index is 2.10. The number of aromatic nitrogens is 1. The highest BCUT2D eigenvalue weighted by molar-refractivity contribution is 5.41. The lowest BCUT2D eigenvalue weighted by Crippen LogP contribution is -2.42. The molecular weight excluding hydrogens is 351 g/mol. The molecule has 1 aliphatic rings. The normalized spacial score (nSPS) is 24.8. The minimum atomic E-state index is -4.35. The van der Waals surface area contributed by atoms with Gasteiger partial charge in [-0.15, -0.1) is 0 Å². The predicted molar refractivity (Wildman–Crippen MR) is 105 cm³/mol. The molecule has 1 heterocycles. The van der Waals surface area contributed by atoms with Gasteiger partial charge in [0.15, 0.2) is 0 Å². The van der Waals surface area contributed by atoms with Gasteiger partial charge in [0.2, 0.25) is 0 Å². The molecule has 27 heavy (non-hydrogen) atoms. The van der Waals surface area contributed by atoms with E-state index >= 15 is 0 Å². The van der Waals surface area contributed by atoms with Gasteiger partial charge in [-0.2, -0.15) is 13.2 Å². The molecule has 0 amide bonds. The molecule has 1 saturated carbocycles. The molecule has 3 atom stereocenters. The molecule has 0 aliphatic heterocycles. The van der Waals surface area contributed by atoms with Crippen LogP contribution in [-0.2, 0) is 6.18 Å². The molecule has 0 aromatic carbocycles. The van der Waals surface area contributed by atoms with E-state index in [9.17, 15) is 13.2 Å². The Hall–Kier alpha value is -1.72. The summed E-state index contributed by atoms with van der Waals surface area (Å²) in [5.74, 6) is 1.07. The summed E-state index contributed by atoms with van der Waals surface area (Å²) in [7, 11) is 3.88. The van der Waals surface area contributed by atoms with Crippen LogP contribution in [0.25, 0.3) is 0 Å². The van der Waals surface area contributed by atoms with E-state index in [0.29, 0.717) is 12.4 Å². The minimum Gasteiger partial charge on any atom is -0.373 e. The van der Waals surface area contributed by atoms with E-state index in [4.69, 9.17) is 0 Å². The zero-order chi connectivity index (χ0) is 20.4. The van der Waals surface area contributed by atoms with Crippen molar-refractivity contribution < 1.29 is 13.2 Å². The first-order valence-corrected chi connectivity index (χ1v) is 9.62. The molecule has 152 valence electrons. The minimum absolute atomic E-state index is 0.144. The van der Waals surface area contributed by atoms with Crippen LogP contribution < -0.4 is 4.90 Å². The van der Waals surface area contributed by atoms with Crippen LogP contribution in [0.1, 0.15) is 52.5 Å². The van der Waals surface area contributed by atoms with Crippen LogP contribution in [0.15, 0.2) is 30.1 Å². The van der Waals surface area contributed by atoms with Crippen molar-refractivity contribution in [3.05, 3.63) is 35.7 Å². The van der Waals surface area contributed by atoms with Gasteiger partial charge >= 0.3 is 6.18 Å². The number of pyridine rings is 1. The number of rotatable bonds is 6. The molecule has 0 saturated heterocycles. The first kappa shape index (κ1) is 21.6. The van der Waals surface area contributed by atoms with Gasteiger partial charge in [-0.25, -0.2) is 4.98 Å². The van der Waals surface area contributed by atoms with Gasteiger partial charge in [0.25, 0.3) is 0 Å². The van der Waals surface area contributed by atoms with E-state index in [1.165, 1.54) is 31.2 Å².